The van der Waals surface area contributed by atoms with Gasteiger partial charge in [-0.15, -0.1) is 0 Å². The molecule has 0 aromatic heterocycles. The average molecular weight is 225 g/mol. The van der Waals surface area contributed by atoms with E-state index >= 15 is 0 Å². The number of carbonyl (C=O) groups excluding carboxylic acids is 1. The molecule has 2 aliphatic rings. The van der Waals surface area contributed by atoms with Crippen molar-refractivity contribution >= 4 is 5.97 Å². The number of methoxy groups -OCH3 is 1. The Labute approximate surface area is 96.0 Å². The maximum Gasteiger partial charge on any atom is 0.337 e. The third-order valence-electron chi connectivity index (χ3n) is 3.60. The number of carbonyl (C=O) groups is 1. The fourth-order valence-corrected chi connectivity index (χ4v) is 2.72. The Balaban J connectivity index is 2.20. The molecule has 1 N–H and O–H groups in total. The first kappa shape index (κ1) is 11.5. The summed E-state index contributed by atoms with van der Waals surface area (Å²) in [7, 11) is 1.42. The van der Waals surface area contributed by atoms with Crippen molar-refractivity contribution in [3.63, 3.8) is 0 Å². The summed E-state index contributed by atoms with van der Waals surface area (Å²) < 4.78 is 10.4. The average Bonchev–Trinajstić information content (AvgIpc) is 2.36. The van der Waals surface area contributed by atoms with Gasteiger partial charge in [-0.05, 0) is 19.4 Å². The molecule has 4 nitrogen and oxygen atoms in total. The zero-order valence-corrected chi connectivity index (χ0v) is 9.86. The second-order valence-corrected chi connectivity index (χ2v) is 4.41. The van der Waals surface area contributed by atoms with Gasteiger partial charge in [0.2, 0.25) is 0 Å². The van der Waals surface area contributed by atoms with Gasteiger partial charge in [0.25, 0.3) is 0 Å². The predicted octanol–water partition coefficient (Wildman–Crippen LogP) is 1.08. The molecule has 0 bridgehead atoms. The highest BCUT2D eigenvalue weighted by molar-refractivity contribution is 5.88. The van der Waals surface area contributed by atoms with Crippen molar-refractivity contribution in [3.8, 4) is 0 Å². The van der Waals surface area contributed by atoms with Crippen molar-refractivity contribution in [2.45, 2.75) is 25.9 Å². The molecule has 2 rings (SSSR count). The number of piperidine rings is 1. The van der Waals surface area contributed by atoms with Crippen molar-refractivity contribution in [1.29, 1.82) is 0 Å². The van der Waals surface area contributed by atoms with Crippen molar-refractivity contribution < 1.29 is 14.3 Å². The summed E-state index contributed by atoms with van der Waals surface area (Å²) in [6.45, 7) is 4.01. The molecule has 2 aliphatic heterocycles. The second-order valence-electron chi connectivity index (χ2n) is 4.41. The van der Waals surface area contributed by atoms with Crippen LogP contribution in [0.5, 0.6) is 0 Å². The number of ether oxygens (including phenoxy) is 2. The van der Waals surface area contributed by atoms with Gasteiger partial charge in [0.1, 0.15) is 6.10 Å². The van der Waals surface area contributed by atoms with Gasteiger partial charge in [-0.2, -0.15) is 0 Å². The number of hydrogen-bond acceptors (Lipinski definition) is 4. The fourth-order valence-electron chi connectivity index (χ4n) is 2.72. The van der Waals surface area contributed by atoms with Crippen molar-refractivity contribution in [2.24, 2.45) is 11.8 Å². The molecule has 4 heteroatoms. The van der Waals surface area contributed by atoms with Gasteiger partial charge in [0.15, 0.2) is 0 Å². The van der Waals surface area contributed by atoms with E-state index in [1.54, 1.807) is 6.26 Å². The number of fused-ring (bicyclic) bond motifs is 1. The smallest absolute Gasteiger partial charge is 0.337 e. The summed E-state index contributed by atoms with van der Waals surface area (Å²) in [5.41, 5.74) is 0.707. The number of hydrogen-bond donors (Lipinski definition) is 1. The molecule has 0 aliphatic carbocycles. The lowest BCUT2D eigenvalue weighted by Gasteiger charge is -2.40. The van der Waals surface area contributed by atoms with E-state index in [1.807, 2.05) is 0 Å². The minimum absolute atomic E-state index is 0.228. The maximum absolute atomic E-state index is 11.6. The van der Waals surface area contributed by atoms with E-state index in [0.717, 1.165) is 25.9 Å². The molecular formula is C12H19NO3. The summed E-state index contributed by atoms with van der Waals surface area (Å²) in [4.78, 5) is 11.6. The molecule has 0 spiro atoms. The van der Waals surface area contributed by atoms with Crippen molar-refractivity contribution in [1.82, 2.24) is 5.32 Å². The fraction of sp³-hybridized carbons (Fsp3) is 0.750. The van der Waals surface area contributed by atoms with Crippen LogP contribution in [0.15, 0.2) is 11.8 Å². The second kappa shape index (κ2) is 4.87. The van der Waals surface area contributed by atoms with Crippen LogP contribution in [0.25, 0.3) is 0 Å². The Morgan fingerprint density at radius 2 is 2.50 bits per heavy atom. The molecule has 0 saturated carbocycles. The van der Waals surface area contributed by atoms with Gasteiger partial charge in [-0.1, -0.05) is 6.92 Å². The van der Waals surface area contributed by atoms with Gasteiger partial charge >= 0.3 is 5.97 Å². The van der Waals surface area contributed by atoms with Crippen LogP contribution in [0, 0.1) is 11.8 Å². The molecule has 90 valence electrons. The van der Waals surface area contributed by atoms with Crippen LogP contribution in [0.4, 0.5) is 0 Å². The van der Waals surface area contributed by atoms with Crippen LogP contribution in [-0.4, -0.2) is 32.3 Å². The normalized spacial score (nSPS) is 33.4. The first-order chi connectivity index (χ1) is 7.77. The Kier molecular flexibility index (Phi) is 3.49. The third-order valence-corrected chi connectivity index (χ3v) is 3.60. The topological polar surface area (TPSA) is 47.6 Å². The highest BCUT2D eigenvalue weighted by atomic mass is 16.5. The van der Waals surface area contributed by atoms with Crippen LogP contribution in [0.2, 0.25) is 0 Å². The molecule has 2 unspecified atom stereocenters. The monoisotopic (exact) mass is 225 g/mol. The molecule has 1 saturated heterocycles. The van der Waals surface area contributed by atoms with Crippen molar-refractivity contribution in [2.75, 3.05) is 20.2 Å². The van der Waals surface area contributed by atoms with Gasteiger partial charge < -0.3 is 14.8 Å². The molecule has 0 radical (unpaired) electrons. The molecule has 3 atom stereocenters. The molecule has 1 fully saturated rings. The van der Waals surface area contributed by atoms with E-state index in [0.29, 0.717) is 17.4 Å². The molecular weight excluding hydrogens is 206 g/mol. The summed E-state index contributed by atoms with van der Waals surface area (Å²) >= 11 is 0. The largest absolute Gasteiger partial charge is 0.497 e. The van der Waals surface area contributed by atoms with Gasteiger partial charge in [-0.3, -0.25) is 0 Å². The molecule has 0 aromatic carbocycles. The third kappa shape index (κ3) is 1.94. The van der Waals surface area contributed by atoms with Crippen LogP contribution >= 0.6 is 0 Å². The van der Waals surface area contributed by atoms with Crippen molar-refractivity contribution in [3.05, 3.63) is 11.8 Å². The summed E-state index contributed by atoms with van der Waals surface area (Å²) in [6, 6.07) is 0. The highest BCUT2D eigenvalue weighted by Crippen LogP contribution is 2.36. The highest BCUT2D eigenvalue weighted by Gasteiger charge is 2.39. The predicted molar refractivity (Wildman–Crippen MR) is 59.7 cm³/mol. The first-order valence-corrected chi connectivity index (χ1v) is 5.92. The zero-order valence-electron chi connectivity index (χ0n) is 9.86. The molecule has 0 amide bonds. The van der Waals surface area contributed by atoms with Crippen LogP contribution in [0.3, 0.4) is 0 Å². The minimum Gasteiger partial charge on any atom is -0.497 e. The standard InChI is InChI=1S/C12H19NO3/c1-3-11-9-6-13-5-4-8(9)10(7-16-11)12(14)15-2/h7-9,11,13H,3-6H2,1-2H3/t8-,9?,11?/m0/s1. The lowest BCUT2D eigenvalue weighted by atomic mass is 9.76. The molecule has 0 aromatic rings. The summed E-state index contributed by atoms with van der Waals surface area (Å²) in [5.74, 6) is 0.455. The molecule has 16 heavy (non-hydrogen) atoms. The quantitative estimate of drug-likeness (QED) is 0.714. The van der Waals surface area contributed by atoms with Gasteiger partial charge in [0.05, 0.1) is 18.9 Å². The van der Waals surface area contributed by atoms with Crippen LogP contribution < -0.4 is 5.32 Å². The summed E-state index contributed by atoms with van der Waals surface area (Å²) in [5, 5.41) is 3.37. The first-order valence-electron chi connectivity index (χ1n) is 5.92. The Hall–Kier alpha value is -1.03. The Bertz CT molecular complexity index is 301. The SMILES string of the molecule is CCC1OC=C(C(=O)OC)[C@H]2CCNCC12. The lowest BCUT2D eigenvalue weighted by Crippen LogP contribution is -2.47. The maximum atomic E-state index is 11.6. The lowest BCUT2D eigenvalue weighted by molar-refractivity contribution is -0.138. The minimum atomic E-state index is -0.244. The van der Waals surface area contributed by atoms with Gasteiger partial charge in [0, 0.05) is 18.4 Å². The van der Waals surface area contributed by atoms with E-state index < -0.39 is 0 Å². The Morgan fingerprint density at radius 3 is 3.19 bits per heavy atom. The zero-order chi connectivity index (χ0) is 11.5. The van der Waals surface area contributed by atoms with Crippen LogP contribution in [-0.2, 0) is 14.3 Å². The number of rotatable bonds is 2. The number of esters is 1. The number of nitrogens with one attached hydrogen (secondary N) is 1. The Morgan fingerprint density at radius 1 is 1.69 bits per heavy atom. The summed E-state index contributed by atoms with van der Waals surface area (Å²) in [6.07, 6.45) is 3.82. The van der Waals surface area contributed by atoms with E-state index in [-0.39, 0.29) is 12.1 Å². The molecule has 2 heterocycles. The van der Waals surface area contributed by atoms with Crippen LogP contribution in [0.1, 0.15) is 19.8 Å². The van der Waals surface area contributed by atoms with E-state index in [9.17, 15) is 4.79 Å². The van der Waals surface area contributed by atoms with E-state index in [2.05, 4.69) is 12.2 Å². The van der Waals surface area contributed by atoms with E-state index in [1.165, 1.54) is 7.11 Å². The van der Waals surface area contributed by atoms with Gasteiger partial charge in [-0.25, -0.2) is 4.79 Å². The van der Waals surface area contributed by atoms with E-state index in [4.69, 9.17) is 9.47 Å².